The van der Waals surface area contributed by atoms with Crippen molar-refractivity contribution >= 4 is 11.7 Å². The summed E-state index contributed by atoms with van der Waals surface area (Å²) in [5.74, 6) is -0.269. The quantitative estimate of drug-likeness (QED) is 0.830. The van der Waals surface area contributed by atoms with Gasteiger partial charge in [-0.15, -0.1) is 0 Å². The molecule has 4 rings (SSSR count). The molecule has 0 radical (unpaired) electrons. The van der Waals surface area contributed by atoms with Crippen LogP contribution in [0.2, 0.25) is 0 Å². The number of hydrogen-bond donors (Lipinski definition) is 1. The second kappa shape index (κ2) is 8.61. The van der Waals surface area contributed by atoms with E-state index in [9.17, 15) is 9.18 Å². The number of carbonyl (C=O) groups is 1. The number of nitrogens with zero attached hydrogens (tertiary/aromatic N) is 2. The Balaban J connectivity index is 1.33. The van der Waals surface area contributed by atoms with Gasteiger partial charge >= 0.3 is 6.03 Å². The van der Waals surface area contributed by atoms with Crippen molar-refractivity contribution in [2.24, 2.45) is 0 Å². The topological polar surface area (TPSA) is 44.8 Å². The van der Waals surface area contributed by atoms with Gasteiger partial charge in [0.05, 0.1) is 13.2 Å². The summed E-state index contributed by atoms with van der Waals surface area (Å²) in [6, 6.07) is 14.9. The first-order chi connectivity index (χ1) is 13.7. The predicted molar refractivity (Wildman–Crippen MR) is 107 cm³/mol. The van der Waals surface area contributed by atoms with Crippen LogP contribution in [0.15, 0.2) is 48.5 Å². The fourth-order valence-corrected chi connectivity index (χ4v) is 3.51. The summed E-state index contributed by atoms with van der Waals surface area (Å²) in [5.41, 5.74) is 3.06. The van der Waals surface area contributed by atoms with Gasteiger partial charge in [0.15, 0.2) is 0 Å². The fraction of sp³-hybridized carbons (Fsp3) is 0.409. The van der Waals surface area contributed by atoms with E-state index in [0.29, 0.717) is 13.1 Å². The maximum absolute atomic E-state index is 13.4. The summed E-state index contributed by atoms with van der Waals surface area (Å²) in [4.78, 5) is 16.8. The van der Waals surface area contributed by atoms with E-state index in [-0.39, 0.29) is 17.9 Å². The van der Waals surface area contributed by atoms with E-state index in [1.807, 2.05) is 11.0 Å². The van der Waals surface area contributed by atoms with Crippen molar-refractivity contribution in [1.82, 2.24) is 10.2 Å². The normalized spacial score (nSPS) is 16.7. The number of morpholine rings is 1. The highest BCUT2D eigenvalue weighted by molar-refractivity contribution is 5.75. The largest absolute Gasteiger partial charge is 0.378 e. The average Bonchev–Trinajstić information content (AvgIpc) is 3.56. The molecule has 2 aliphatic rings. The Morgan fingerprint density at radius 3 is 2.54 bits per heavy atom. The van der Waals surface area contributed by atoms with E-state index >= 15 is 0 Å². The molecule has 148 valence electrons. The zero-order chi connectivity index (χ0) is 19.3. The third-order valence-corrected chi connectivity index (χ3v) is 5.25. The maximum atomic E-state index is 13.4. The number of urea groups is 1. The van der Waals surface area contributed by atoms with Crippen LogP contribution < -0.4 is 10.2 Å². The molecule has 28 heavy (non-hydrogen) atoms. The first kappa shape index (κ1) is 18.7. The first-order valence-electron chi connectivity index (χ1n) is 9.89. The van der Waals surface area contributed by atoms with E-state index in [0.717, 1.165) is 50.3 Å². The van der Waals surface area contributed by atoms with Gasteiger partial charge < -0.3 is 19.9 Å². The lowest BCUT2D eigenvalue weighted by molar-refractivity contribution is 0.122. The van der Waals surface area contributed by atoms with Crippen LogP contribution >= 0.6 is 0 Å². The summed E-state index contributed by atoms with van der Waals surface area (Å²) >= 11 is 0. The molecule has 0 unspecified atom stereocenters. The molecule has 5 nitrogen and oxygen atoms in total. The smallest absolute Gasteiger partial charge is 0.318 e. The Labute approximate surface area is 165 Å². The van der Waals surface area contributed by atoms with Gasteiger partial charge in [-0.2, -0.15) is 0 Å². The number of hydrogen-bond acceptors (Lipinski definition) is 3. The Hall–Kier alpha value is -2.60. The second-order valence-corrected chi connectivity index (χ2v) is 7.41. The molecule has 2 fully saturated rings. The number of nitrogens with one attached hydrogen (secondary N) is 1. The molecule has 1 aliphatic carbocycles. The Morgan fingerprint density at radius 1 is 1.11 bits per heavy atom. The number of amides is 2. The van der Waals surface area contributed by atoms with Crippen LogP contribution in [0.5, 0.6) is 0 Å². The van der Waals surface area contributed by atoms with Crippen molar-refractivity contribution in [2.75, 3.05) is 31.2 Å². The van der Waals surface area contributed by atoms with Crippen LogP contribution in [-0.4, -0.2) is 43.3 Å². The Bertz CT molecular complexity index is 802. The number of rotatable bonds is 6. The maximum Gasteiger partial charge on any atom is 0.318 e. The molecule has 2 aromatic rings. The fourth-order valence-electron chi connectivity index (χ4n) is 3.51. The van der Waals surface area contributed by atoms with Gasteiger partial charge in [0.25, 0.3) is 0 Å². The van der Waals surface area contributed by atoms with Crippen LogP contribution in [-0.2, 0) is 17.8 Å². The molecule has 0 spiro atoms. The van der Waals surface area contributed by atoms with E-state index in [4.69, 9.17) is 4.74 Å². The number of carbonyl (C=O) groups excluding carboxylic acids is 1. The lowest BCUT2D eigenvalue weighted by Gasteiger charge is -2.29. The van der Waals surface area contributed by atoms with Gasteiger partial charge in [0.2, 0.25) is 0 Å². The molecule has 1 aliphatic heterocycles. The van der Waals surface area contributed by atoms with E-state index in [1.54, 1.807) is 6.07 Å². The minimum Gasteiger partial charge on any atom is -0.378 e. The van der Waals surface area contributed by atoms with Gasteiger partial charge in [-0.3, -0.25) is 0 Å². The van der Waals surface area contributed by atoms with Crippen LogP contribution in [0.4, 0.5) is 14.9 Å². The van der Waals surface area contributed by atoms with Crippen molar-refractivity contribution in [3.05, 3.63) is 65.5 Å². The molecule has 1 heterocycles. The summed E-state index contributed by atoms with van der Waals surface area (Å²) in [5, 5.41) is 3.01. The molecule has 0 atom stereocenters. The highest BCUT2D eigenvalue weighted by atomic mass is 19.1. The lowest BCUT2D eigenvalue weighted by Crippen LogP contribution is -2.40. The van der Waals surface area contributed by atoms with Gasteiger partial charge in [0.1, 0.15) is 5.82 Å². The lowest BCUT2D eigenvalue weighted by atomic mass is 10.2. The number of benzene rings is 2. The molecule has 0 bridgehead atoms. The monoisotopic (exact) mass is 383 g/mol. The Morgan fingerprint density at radius 2 is 1.86 bits per heavy atom. The molecular formula is C22H26FN3O2. The first-order valence-corrected chi connectivity index (χ1v) is 9.89. The highest BCUT2D eigenvalue weighted by Gasteiger charge is 2.32. The zero-order valence-corrected chi connectivity index (χ0v) is 15.9. The van der Waals surface area contributed by atoms with Crippen molar-refractivity contribution < 1.29 is 13.9 Å². The number of ether oxygens (including phenoxy) is 1. The van der Waals surface area contributed by atoms with Gasteiger partial charge in [-0.25, -0.2) is 9.18 Å². The van der Waals surface area contributed by atoms with Crippen molar-refractivity contribution in [3.63, 3.8) is 0 Å². The van der Waals surface area contributed by atoms with Gasteiger partial charge in [-0.1, -0.05) is 24.3 Å². The second-order valence-electron chi connectivity index (χ2n) is 7.41. The van der Waals surface area contributed by atoms with E-state index < -0.39 is 0 Å². The minimum atomic E-state index is -0.269. The molecular weight excluding hydrogens is 357 g/mol. The van der Waals surface area contributed by atoms with Crippen molar-refractivity contribution in [2.45, 2.75) is 32.0 Å². The predicted octanol–water partition coefficient (Wildman–Crippen LogP) is 3.54. The SMILES string of the molecule is O=C(NCc1ccc(N2CCOCC2)cc1)N(Cc1cccc(F)c1)C1CC1. The van der Waals surface area contributed by atoms with Crippen LogP contribution in [0, 0.1) is 5.82 Å². The zero-order valence-electron chi connectivity index (χ0n) is 15.9. The average molecular weight is 383 g/mol. The summed E-state index contributed by atoms with van der Waals surface area (Å²) in [7, 11) is 0. The molecule has 2 aromatic carbocycles. The van der Waals surface area contributed by atoms with Crippen LogP contribution in [0.3, 0.4) is 0 Å². The van der Waals surface area contributed by atoms with Crippen molar-refractivity contribution in [1.29, 1.82) is 0 Å². The Kier molecular flexibility index (Phi) is 5.76. The molecule has 1 N–H and O–H groups in total. The molecule has 1 saturated carbocycles. The highest BCUT2D eigenvalue weighted by Crippen LogP contribution is 2.28. The third kappa shape index (κ3) is 4.81. The van der Waals surface area contributed by atoms with E-state index in [1.165, 1.54) is 17.8 Å². The standard InChI is InChI=1S/C22H26FN3O2/c23-19-3-1-2-18(14-19)16-26(21-8-9-21)22(27)24-15-17-4-6-20(7-5-17)25-10-12-28-13-11-25/h1-7,14,21H,8-13,15-16H2,(H,24,27). The number of anilines is 1. The molecule has 6 heteroatoms. The minimum absolute atomic E-state index is 0.0935. The number of halogens is 1. The molecule has 1 saturated heterocycles. The summed E-state index contributed by atoms with van der Waals surface area (Å²) in [6.45, 7) is 4.26. The van der Waals surface area contributed by atoms with Gasteiger partial charge in [0, 0.05) is 37.9 Å². The van der Waals surface area contributed by atoms with Gasteiger partial charge in [-0.05, 0) is 48.2 Å². The molecule has 0 aromatic heterocycles. The van der Waals surface area contributed by atoms with Crippen LogP contribution in [0.1, 0.15) is 24.0 Å². The molecule has 2 amide bonds. The third-order valence-electron chi connectivity index (χ3n) is 5.25. The summed E-state index contributed by atoms with van der Waals surface area (Å²) in [6.07, 6.45) is 2.02. The van der Waals surface area contributed by atoms with Crippen LogP contribution in [0.25, 0.3) is 0 Å². The summed E-state index contributed by atoms with van der Waals surface area (Å²) < 4.78 is 18.8. The van der Waals surface area contributed by atoms with E-state index in [2.05, 4.69) is 34.5 Å². The van der Waals surface area contributed by atoms with Crippen molar-refractivity contribution in [3.8, 4) is 0 Å².